The molecule has 0 bridgehead atoms. The lowest BCUT2D eigenvalue weighted by Gasteiger charge is -2.28. The van der Waals surface area contributed by atoms with Crippen LogP contribution in [0.4, 0.5) is 0 Å². The van der Waals surface area contributed by atoms with Crippen molar-refractivity contribution < 1.29 is 0 Å². The molecule has 0 saturated carbocycles. The van der Waals surface area contributed by atoms with E-state index in [1.807, 2.05) is 0 Å². The summed E-state index contributed by atoms with van der Waals surface area (Å²) in [6.07, 6.45) is 2.42. The Morgan fingerprint density at radius 3 is 2.79 bits per heavy atom. The van der Waals surface area contributed by atoms with Crippen LogP contribution in [0, 0.1) is 5.92 Å². The van der Waals surface area contributed by atoms with Gasteiger partial charge in [0, 0.05) is 26.2 Å². The standard InChI is InChI=1S/C11H23N3/c1-4-14(9-6-10(2)3)11-12-7-5-8-13-11/h10H,4-9H2,1-3H3,(H,12,13). The van der Waals surface area contributed by atoms with E-state index < -0.39 is 0 Å². The summed E-state index contributed by atoms with van der Waals surface area (Å²) >= 11 is 0. The normalized spacial score (nSPS) is 16.4. The number of nitrogens with zero attached hydrogens (tertiary/aromatic N) is 2. The van der Waals surface area contributed by atoms with Crippen molar-refractivity contribution in [1.82, 2.24) is 10.2 Å². The molecule has 0 fully saturated rings. The zero-order valence-electron chi connectivity index (χ0n) is 9.71. The summed E-state index contributed by atoms with van der Waals surface area (Å²) in [5.74, 6) is 1.88. The van der Waals surface area contributed by atoms with Crippen molar-refractivity contribution in [3.05, 3.63) is 0 Å². The summed E-state index contributed by atoms with van der Waals surface area (Å²) in [5.41, 5.74) is 0. The predicted molar refractivity (Wildman–Crippen MR) is 61.6 cm³/mol. The first-order valence-electron chi connectivity index (χ1n) is 5.77. The van der Waals surface area contributed by atoms with Crippen molar-refractivity contribution in [3.8, 4) is 0 Å². The van der Waals surface area contributed by atoms with E-state index in [2.05, 4.69) is 36.0 Å². The van der Waals surface area contributed by atoms with Crippen molar-refractivity contribution in [2.24, 2.45) is 10.9 Å². The minimum atomic E-state index is 0.772. The van der Waals surface area contributed by atoms with Gasteiger partial charge in [-0.3, -0.25) is 4.99 Å². The van der Waals surface area contributed by atoms with Gasteiger partial charge in [-0.15, -0.1) is 0 Å². The summed E-state index contributed by atoms with van der Waals surface area (Å²) in [4.78, 5) is 6.86. The third kappa shape index (κ3) is 3.56. The second-order valence-corrected chi connectivity index (χ2v) is 4.25. The van der Waals surface area contributed by atoms with Gasteiger partial charge in [0.05, 0.1) is 0 Å². The molecule has 14 heavy (non-hydrogen) atoms. The zero-order valence-corrected chi connectivity index (χ0v) is 9.71. The van der Waals surface area contributed by atoms with Crippen LogP contribution in [0.5, 0.6) is 0 Å². The number of rotatable bonds is 4. The third-order valence-corrected chi connectivity index (χ3v) is 2.54. The monoisotopic (exact) mass is 197 g/mol. The van der Waals surface area contributed by atoms with Crippen LogP contribution in [0.25, 0.3) is 0 Å². The van der Waals surface area contributed by atoms with Crippen molar-refractivity contribution in [1.29, 1.82) is 0 Å². The van der Waals surface area contributed by atoms with E-state index in [0.717, 1.165) is 38.1 Å². The molecule has 0 atom stereocenters. The molecular weight excluding hydrogens is 174 g/mol. The predicted octanol–water partition coefficient (Wildman–Crippen LogP) is 1.70. The number of hydrogen-bond acceptors (Lipinski definition) is 3. The fraction of sp³-hybridized carbons (Fsp3) is 0.909. The average Bonchev–Trinajstić information content (AvgIpc) is 2.20. The first-order valence-corrected chi connectivity index (χ1v) is 5.77. The quantitative estimate of drug-likeness (QED) is 0.743. The summed E-state index contributed by atoms with van der Waals surface area (Å²) in [6.45, 7) is 11.0. The molecule has 0 aromatic carbocycles. The molecule has 0 unspecified atom stereocenters. The molecule has 3 nitrogen and oxygen atoms in total. The van der Waals surface area contributed by atoms with Crippen LogP contribution in [-0.2, 0) is 0 Å². The molecule has 1 N–H and O–H groups in total. The number of nitrogens with one attached hydrogen (secondary N) is 1. The van der Waals surface area contributed by atoms with Gasteiger partial charge >= 0.3 is 0 Å². The zero-order chi connectivity index (χ0) is 10.4. The SMILES string of the molecule is CCN(CCC(C)C)C1=NCCCN1. The highest BCUT2D eigenvalue weighted by Crippen LogP contribution is 2.03. The second-order valence-electron chi connectivity index (χ2n) is 4.25. The fourth-order valence-corrected chi connectivity index (χ4v) is 1.56. The second kappa shape index (κ2) is 5.89. The Labute approximate surface area is 87.6 Å². The van der Waals surface area contributed by atoms with E-state index in [4.69, 9.17) is 0 Å². The van der Waals surface area contributed by atoms with Crippen LogP contribution < -0.4 is 5.32 Å². The molecule has 1 aliphatic rings. The van der Waals surface area contributed by atoms with Crippen molar-refractivity contribution in [2.75, 3.05) is 26.2 Å². The van der Waals surface area contributed by atoms with Gasteiger partial charge < -0.3 is 10.2 Å². The number of guanidine groups is 1. The molecule has 0 aromatic rings. The van der Waals surface area contributed by atoms with Crippen molar-refractivity contribution >= 4 is 5.96 Å². The highest BCUT2D eigenvalue weighted by atomic mass is 15.3. The van der Waals surface area contributed by atoms with Gasteiger partial charge in [0.15, 0.2) is 5.96 Å². The maximum Gasteiger partial charge on any atom is 0.193 e. The maximum atomic E-state index is 4.51. The molecule has 1 aliphatic heterocycles. The van der Waals surface area contributed by atoms with Crippen LogP contribution in [0.1, 0.15) is 33.6 Å². The average molecular weight is 197 g/mol. The third-order valence-electron chi connectivity index (χ3n) is 2.54. The number of hydrogen-bond donors (Lipinski definition) is 1. The van der Waals surface area contributed by atoms with Gasteiger partial charge in [-0.1, -0.05) is 13.8 Å². The molecular formula is C11H23N3. The smallest absolute Gasteiger partial charge is 0.193 e. The van der Waals surface area contributed by atoms with Crippen LogP contribution in [0.15, 0.2) is 4.99 Å². The van der Waals surface area contributed by atoms with Gasteiger partial charge in [0.1, 0.15) is 0 Å². The topological polar surface area (TPSA) is 27.6 Å². The molecule has 1 heterocycles. The number of aliphatic imine (C=N–C) groups is 1. The van der Waals surface area contributed by atoms with E-state index in [9.17, 15) is 0 Å². The lowest BCUT2D eigenvalue weighted by molar-refractivity contribution is 0.378. The Kier molecular flexibility index (Phi) is 4.77. The molecule has 0 aromatic heterocycles. The van der Waals surface area contributed by atoms with E-state index in [0.29, 0.717) is 0 Å². The highest BCUT2D eigenvalue weighted by Gasteiger charge is 2.11. The van der Waals surface area contributed by atoms with Gasteiger partial charge in [-0.2, -0.15) is 0 Å². The van der Waals surface area contributed by atoms with Gasteiger partial charge in [-0.25, -0.2) is 0 Å². The lowest BCUT2D eigenvalue weighted by Crippen LogP contribution is -2.44. The summed E-state index contributed by atoms with van der Waals surface area (Å²) in [7, 11) is 0. The van der Waals surface area contributed by atoms with Crippen LogP contribution in [0.3, 0.4) is 0 Å². The molecule has 3 heteroatoms. The van der Waals surface area contributed by atoms with Gasteiger partial charge in [-0.05, 0) is 25.7 Å². The van der Waals surface area contributed by atoms with E-state index >= 15 is 0 Å². The molecule has 0 aliphatic carbocycles. The molecule has 0 amide bonds. The minimum absolute atomic E-state index is 0.772. The Balaban J connectivity index is 2.39. The molecule has 1 rings (SSSR count). The molecule has 0 radical (unpaired) electrons. The first-order chi connectivity index (χ1) is 6.74. The fourth-order valence-electron chi connectivity index (χ4n) is 1.56. The van der Waals surface area contributed by atoms with Crippen molar-refractivity contribution in [2.45, 2.75) is 33.6 Å². The Morgan fingerprint density at radius 1 is 1.50 bits per heavy atom. The molecule has 0 spiro atoms. The van der Waals surface area contributed by atoms with E-state index in [1.54, 1.807) is 0 Å². The van der Waals surface area contributed by atoms with E-state index in [1.165, 1.54) is 12.8 Å². The first kappa shape index (κ1) is 11.3. The molecule has 0 saturated heterocycles. The van der Waals surface area contributed by atoms with Crippen molar-refractivity contribution in [3.63, 3.8) is 0 Å². The van der Waals surface area contributed by atoms with Gasteiger partial charge in [0.2, 0.25) is 0 Å². The molecule has 82 valence electrons. The largest absolute Gasteiger partial charge is 0.356 e. The Bertz CT molecular complexity index is 187. The lowest BCUT2D eigenvalue weighted by atomic mass is 10.1. The van der Waals surface area contributed by atoms with Crippen LogP contribution >= 0.6 is 0 Å². The van der Waals surface area contributed by atoms with Gasteiger partial charge in [0.25, 0.3) is 0 Å². The summed E-state index contributed by atoms with van der Waals surface area (Å²) in [5, 5.41) is 3.37. The van der Waals surface area contributed by atoms with E-state index in [-0.39, 0.29) is 0 Å². The minimum Gasteiger partial charge on any atom is -0.356 e. The Hall–Kier alpha value is -0.730. The maximum absolute atomic E-state index is 4.51. The summed E-state index contributed by atoms with van der Waals surface area (Å²) in [6, 6.07) is 0. The van der Waals surface area contributed by atoms with Crippen LogP contribution in [0.2, 0.25) is 0 Å². The van der Waals surface area contributed by atoms with Crippen LogP contribution in [-0.4, -0.2) is 37.0 Å². The summed E-state index contributed by atoms with van der Waals surface area (Å²) < 4.78 is 0. The Morgan fingerprint density at radius 2 is 2.29 bits per heavy atom. The highest BCUT2D eigenvalue weighted by molar-refractivity contribution is 5.80.